The van der Waals surface area contributed by atoms with Gasteiger partial charge in [-0.05, 0) is 33.1 Å². The largest absolute Gasteiger partial charge is 0.363 e. The van der Waals surface area contributed by atoms with Gasteiger partial charge in [-0.3, -0.25) is 0 Å². The van der Waals surface area contributed by atoms with Gasteiger partial charge in [-0.15, -0.1) is 0 Å². The number of hydrogen-bond donors (Lipinski definition) is 0. The van der Waals surface area contributed by atoms with Gasteiger partial charge >= 0.3 is 0 Å². The fraction of sp³-hybridized carbons (Fsp3) is 0.800. The van der Waals surface area contributed by atoms with Gasteiger partial charge in [0.05, 0.1) is 0 Å². The van der Waals surface area contributed by atoms with Gasteiger partial charge in [0, 0.05) is 28.2 Å². The first-order valence-electron chi connectivity index (χ1n) is 5.21. The maximum absolute atomic E-state index is 5.07. The van der Waals surface area contributed by atoms with E-state index in [4.69, 9.17) is 24.4 Å². The Labute approximate surface area is 129 Å². The zero-order valence-corrected chi connectivity index (χ0v) is 15.4. The number of nitrogens with zero attached hydrogens (tertiary/aromatic N) is 2. The van der Waals surface area contributed by atoms with E-state index < -0.39 is 0 Å². The predicted octanol–water partition coefficient (Wildman–Crippen LogP) is 3.82. The molecule has 2 nitrogen and oxygen atoms in total. The Morgan fingerprint density at radius 3 is 1.24 bits per heavy atom. The molecule has 0 rings (SSSR count). The van der Waals surface area contributed by atoms with Gasteiger partial charge in [-0.25, -0.2) is 0 Å². The summed E-state index contributed by atoms with van der Waals surface area (Å²) in [6.45, 7) is 4.35. The summed E-state index contributed by atoms with van der Waals surface area (Å²) >= 11 is 12.1. The van der Waals surface area contributed by atoms with E-state index in [1.54, 1.807) is 0 Å². The molecule has 7 heteroatoms. The summed E-state index contributed by atoms with van der Waals surface area (Å²) in [5, 5.41) is 0. The molecule has 0 aromatic rings. The highest BCUT2D eigenvalue weighted by molar-refractivity contribution is 8.89. The molecule has 0 saturated carbocycles. The molecule has 0 fully saturated rings. The average molecular weight is 331 g/mol. The first-order chi connectivity index (χ1) is 7.86. The van der Waals surface area contributed by atoms with Crippen LogP contribution in [0.4, 0.5) is 0 Å². The molecule has 0 unspecified atom stereocenters. The van der Waals surface area contributed by atoms with Gasteiger partial charge in [0.15, 0.2) is 0 Å². The molecular formula is C10H22N2S5. The Morgan fingerprint density at radius 2 is 1.12 bits per heavy atom. The monoisotopic (exact) mass is 330 g/mol. The molecule has 0 saturated heterocycles. The first-order valence-corrected chi connectivity index (χ1v) is 9.33. The number of rotatable bonds is 2. The average Bonchev–Trinajstić information content (AvgIpc) is 2.26. The molecule has 0 aliphatic carbocycles. The first kappa shape index (κ1) is 20.2. The van der Waals surface area contributed by atoms with E-state index >= 15 is 0 Å². The normalized spacial score (nSPS) is 9.06. The molecule has 0 aromatic carbocycles. The summed E-state index contributed by atoms with van der Waals surface area (Å²) in [6.07, 6.45) is 0. The van der Waals surface area contributed by atoms with E-state index in [1.807, 2.05) is 49.8 Å². The smallest absolute Gasteiger partial charge is 0.146 e. The van der Waals surface area contributed by atoms with Crippen LogP contribution in [-0.2, 0) is 0 Å². The summed E-state index contributed by atoms with van der Waals surface area (Å²) in [6, 6.07) is 0. The molecule has 0 N–H and O–H groups in total. The van der Waals surface area contributed by atoms with Crippen molar-refractivity contribution < 1.29 is 0 Å². The highest BCUT2D eigenvalue weighted by atomic mass is 33.1. The van der Waals surface area contributed by atoms with Crippen LogP contribution >= 0.6 is 57.8 Å². The van der Waals surface area contributed by atoms with Gasteiger partial charge in [-0.1, -0.05) is 38.3 Å². The lowest BCUT2D eigenvalue weighted by Gasteiger charge is -2.15. The third-order valence-electron chi connectivity index (χ3n) is 1.32. The summed E-state index contributed by atoms with van der Waals surface area (Å²) in [4.78, 5) is 3.79. The molecule has 0 aliphatic rings. The van der Waals surface area contributed by atoms with Gasteiger partial charge in [0.25, 0.3) is 0 Å². The maximum Gasteiger partial charge on any atom is 0.146 e. The maximum atomic E-state index is 5.07. The summed E-state index contributed by atoms with van der Waals surface area (Å²) in [5.74, 6) is 2.52. The lowest BCUT2D eigenvalue weighted by atomic mass is 11.0. The van der Waals surface area contributed by atoms with Crippen molar-refractivity contribution in [1.82, 2.24) is 9.80 Å². The lowest BCUT2D eigenvalue weighted by Crippen LogP contribution is -2.18. The van der Waals surface area contributed by atoms with Crippen molar-refractivity contribution in [3.63, 3.8) is 0 Å². The second-order valence-corrected chi connectivity index (χ2v) is 8.23. The summed E-state index contributed by atoms with van der Waals surface area (Å²) < 4.78 is 1.67. The molecule has 0 atom stereocenters. The minimum atomic E-state index is 0.837. The molecule has 0 amide bonds. The Kier molecular flexibility index (Phi) is 15.7. The van der Waals surface area contributed by atoms with Crippen molar-refractivity contribution in [2.75, 3.05) is 39.7 Å². The molecule has 17 heavy (non-hydrogen) atoms. The quantitative estimate of drug-likeness (QED) is 0.554. The van der Waals surface area contributed by atoms with E-state index in [0.717, 1.165) is 8.64 Å². The molecule has 0 aliphatic heterocycles. The van der Waals surface area contributed by atoms with Crippen molar-refractivity contribution in [3.8, 4) is 0 Å². The SMILES string of the molecule is CCSCC.CN(C)C(=S)SSC(=S)N(C)C. The Balaban J connectivity index is 0. The third kappa shape index (κ3) is 14.8. The van der Waals surface area contributed by atoms with E-state index in [-0.39, 0.29) is 0 Å². The second-order valence-electron chi connectivity index (χ2n) is 3.27. The van der Waals surface area contributed by atoms with E-state index in [2.05, 4.69) is 13.8 Å². The summed E-state index contributed by atoms with van der Waals surface area (Å²) in [7, 11) is 10.7. The molecule has 0 radical (unpaired) electrons. The van der Waals surface area contributed by atoms with Gasteiger partial charge in [0.2, 0.25) is 0 Å². The van der Waals surface area contributed by atoms with Crippen LogP contribution < -0.4 is 0 Å². The van der Waals surface area contributed by atoms with Gasteiger partial charge in [0.1, 0.15) is 8.64 Å². The molecule has 0 heterocycles. The Bertz CT molecular complexity index is 197. The molecule has 102 valence electrons. The van der Waals surface area contributed by atoms with Crippen molar-refractivity contribution in [1.29, 1.82) is 0 Å². The molecule has 0 bridgehead atoms. The van der Waals surface area contributed by atoms with Crippen LogP contribution in [0.5, 0.6) is 0 Å². The van der Waals surface area contributed by atoms with Gasteiger partial charge < -0.3 is 9.80 Å². The van der Waals surface area contributed by atoms with Crippen LogP contribution in [-0.4, -0.2) is 58.1 Å². The highest BCUT2D eigenvalue weighted by Gasteiger charge is 2.04. The van der Waals surface area contributed by atoms with Crippen LogP contribution in [0.1, 0.15) is 13.8 Å². The number of thioether (sulfide) groups is 1. The van der Waals surface area contributed by atoms with E-state index in [9.17, 15) is 0 Å². The number of thiocarbonyl (C=S) groups is 2. The zero-order chi connectivity index (χ0) is 13.8. The van der Waals surface area contributed by atoms with Gasteiger partial charge in [-0.2, -0.15) is 11.8 Å². The lowest BCUT2D eigenvalue weighted by molar-refractivity contribution is 0.647. The van der Waals surface area contributed by atoms with Crippen molar-refractivity contribution >= 4 is 66.4 Å². The van der Waals surface area contributed by atoms with Crippen molar-refractivity contribution in [2.45, 2.75) is 13.8 Å². The van der Waals surface area contributed by atoms with Crippen LogP contribution in [0.15, 0.2) is 0 Å². The number of hydrogen-bond acceptors (Lipinski definition) is 5. The molecule has 0 spiro atoms. The van der Waals surface area contributed by atoms with Crippen molar-refractivity contribution in [3.05, 3.63) is 0 Å². The van der Waals surface area contributed by atoms with Crippen LogP contribution in [0.2, 0.25) is 0 Å². The van der Waals surface area contributed by atoms with E-state index in [0.29, 0.717) is 0 Å². The topological polar surface area (TPSA) is 6.48 Å². The van der Waals surface area contributed by atoms with Crippen molar-refractivity contribution in [2.24, 2.45) is 0 Å². The van der Waals surface area contributed by atoms with Crippen LogP contribution in [0.3, 0.4) is 0 Å². The van der Waals surface area contributed by atoms with Crippen LogP contribution in [0.25, 0.3) is 0 Å². The van der Waals surface area contributed by atoms with Crippen LogP contribution in [0, 0.1) is 0 Å². The predicted molar refractivity (Wildman–Crippen MR) is 96.4 cm³/mol. The minimum Gasteiger partial charge on any atom is -0.363 e. The highest BCUT2D eigenvalue weighted by Crippen LogP contribution is 2.26. The zero-order valence-electron chi connectivity index (χ0n) is 11.3. The Morgan fingerprint density at radius 1 is 0.824 bits per heavy atom. The third-order valence-corrected chi connectivity index (χ3v) is 6.30. The van der Waals surface area contributed by atoms with E-state index in [1.165, 1.54) is 33.1 Å². The fourth-order valence-electron chi connectivity index (χ4n) is 0.424. The standard InChI is InChI=1S/C6H12N2S4.C4H10S/c1-7(2)5(9)11-12-6(10)8(3)4;1-3-5-4-2/h1-4H3;3-4H2,1-2H3. The summed E-state index contributed by atoms with van der Waals surface area (Å²) in [5.41, 5.74) is 0. The fourth-order valence-corrected chi connectivity index (χ4v) is 3.21. The minimum absolute atomic E-state index is 0.837. The molecule has 0 aromatic heterocycles. The second kappa shape index (κ2) is 13.3. The molecular weight excluding hydrogens is 308 g/mol. The Hall–Kier alpha value is 0.830.